The molecule has 1 atom stereocenters. The second-order valence-electron chi connectivity index (χ2n) is 7.10. The predicted molar refractivity (Wildman–Crippen MR) is 104 cm³/mol. The lowest BCUT2D eigenvalue weighted by atomic mass is 10.0. The van der Waals surface area contributed by atoms with E-state index in [-0.39, 0.29) is 16.8 Å². The van der Waals surface area contributed by atoms with Crippen LogP contribution in [-0.2, 0) is 23.5 Å². The molecular weight excluding hydrogens is 397 g/mol. The average molecular weight is 419 g/mol. The van der Waals surface area contributed by atoms with Crippen molar-refractivity contribution in [2.75, 3.05) is 19.7 Å². The van der Waals surface area contributed by atoms with Crippen LogP contribution >= 0.6 is 0 Å². The van der Waals surface area contributed by atoms with Gasteiger partial charge in [0.25, 0.3) is 10.0 Å². The predicted octanol–water partition coefficient (Wildman–Crippen LogP) is 2.08. The topological polar surface area (TPSA) is 93.1 Å². The van der Waals surface area contributed by atoms with Gasteiger partial charge >= 0.3 is 0 Å². The molecule has 10 heteroatoms. The number of hydrogen-bond acceptors (Lipinski definition) is 5. The van der Waals surface area contributed by atoms with Crippen molar-refractivity contribution in [1.82, 2.24) is 24.1 Å². The van der Waals surface area contributed by atoms with E-state index in [1.54, 1.807) is 23.7 Å². The third-order valence-electron chi connectivity index (χ3n) is 4.94. The van der Waals surface area contributed by atoms with Crippen molar-refractivity contribution in [2.24, 2.45) is 7.05 Å². The summed E-state index contributed by atoms with van der Waals surface area (Å²) in [5, 5.41) is 7.40. The molecule has 3 heterocycles. The smallest absolute Gasteiger partial charge is 0.262 e. The minimum Gasteiger partial charge on any atom is -0.493 e. The highest BCUT2D eigenvalue weighted by Crippen LogP contribution is 2.30. The first-order valence-corrected chi connectivity index (χ1v) is 10.8. The average Bonchev–Trinajstić information content (AvgIpc) is 3.42. The van der Waals surface area contributed by atoms with Crippen LogP contribution in [0.15, 0.2) is 47.9 Å². The van der Waals surface area contributed by atoms with Gasteiger partial charge < -0.3 is 9.30 Å². The van der Waals surface area contributed by atoms with E-state index in [4.69, 9.17) is 4.74 Å². The molecule has 8 nitrogen and oxygen atoms in total. The van der Waals surface area contributed by atoms with Crippen molar-refractivity contribution >= 4 is 10.0 Å². The lowest BCUT2D eigenvalue weighted by Crippen LogP contribution is -2.29. The number of aryl methyl sites for hydroxylation is 1. The van der Waals surface area contributed by atoms with E-state index in [0.29, 0.717) is 38.3 Å². The Morgan fingerprint density at radius 3 is 2.97 bits per heavy atom. The first kappa shape index (κ1) is 19.6. The van der Waals surface area contributed by atoms with Crippen LogP contribution in [0.5, 0.6) is 5.75 Å². The summed E-state index contributed by atoms with van der Waals surface area (Å²) in [5.41, 5.74) is 1.73. The van der Waals surface area contributed by atoms with Gasteiger partial charge in [-0.2, -0.15) is 9.40 Å². The van der Waals surface area contributed by atoms with Gasteiger partial charge in [0.1, 0.15) is 11.6 Å². The van der Waals surface area contributed by atoms with Crippen LogP contribution in [0.2, 0.25) is 0 Å². The Balaban J connectivity index is 1.34. The van der Waals surface area contributed by atoms with E-state index >= 15 is 0 Å². The minimum atomic E-state index is -3.59. The van der Waals surface area contributed by atoms with Gasteiger partial charge in [0.05, 0.1) is 18.6 Å². The SMILES string of the molecule is Cn1cnc(S(=O)(=O)N2CC[C@H](c3cc(CCOc4cccc(F)c4)[nH]n3)C2)c1. The van der Waals surface area contributed by atoms with Gasteiger partial charge in [-0.05, 0) is 24.6 Å². The number of sulfonamides is 1. The molecule has 1 fully saturated rings. The van der Waals surface area contributed by atoms with E-state index in [1.807, 2.05) is 6.07 Å². The second kappa shape index (κ2) is 7.96. The lowest BCUT2D eigenvalue weighted by Gasteiger charge is -2.14. The van der Waals surface area contributed by atoms with Gasteiger partial charge in [-0.15, -0.1) is 0 Å². The third-order valence-corrected chi connectivity index (χ3v) is 6.69. The standard InChI is InChI=1S/C19H22FN5O3S/c1-24-12-19(21-13-24)29(26,27)25-7-5-14(11-25)18-10-16(22-23-18)6-8-28-17-4-2-3-15(20)9-17/h2-4,9-10,12-14H,5-8,11H2,1H3,(H,22,23)/t14-/m0/s1. The quantitative estimate of drug-likeness (QED) is 0.633. The van der Waals surface area contributed by atoms with Crippen molar-refractivity contribution in [3.8, 4) is 5.75 Å². The van der Waals surface area contributed by atoms with Gasteiger partial charge in [-0.3, -0.25) is 5.10 Å². The van der Waals surface area contributed by atoms with Crippen LogP contribution in [0.1, 0.15) is 23.7 Å². The number of H-pyrrole nitrogens is 1. The monoisotopic (exact) mass is 419 g/mol. The Hall–Kier alpha value is -2.72. The summed E-state index contributed by atoms with van der Waals surface area (Å²) >= 11 is 0. The number of rotatable bonds is 7. The van der Waals surface area contributed by atoms with Gasteiger partial charge in [-0.1, -0.05) is 6.07 Å². The molecule has 1 aliphatic heterocycles. The van der Waals surface area contributed by atoms with Gasteiger partial charge in [0.2, 0.25) is 0 Å². The molecule has 1 aromatic carbocycles. The summed E-state index contributed by atoms with van der Waals surface area (Å²) in [6.07, 6.45) is 4.28. The molecule has 3 aromatic rings. The fourth-order valence-electron chi connectivity index (χ4n) is 3.39. The molecule has 0 amide bonds. The maximum atomic E-state index is 13.2. The Labute approximate surface area is 168 Å². The first-order chi connectivity index (χ1) is 13.9. The Bertz CT molecular complexity index is 1090. The van der Waals surface area contributed by atoms with Crippen LogP contribution in [0.4, 0.5) is 4.39 Å². The highest BCUT2D eigenvalue weighted by atomic mass is 32.2. The van der Waals surface area contributed by atoms with Crippen molar-refractivity contribution in [2.45, 2.75) is 23.8 Å². The van der Waals surface area contributed by atoms with Crippen molar-refractivity contribution < 1.29 is 17.5 Å². The molecular formula is C19H22FN5O3S. The molecule has 2 aromatic heterocycles. The van der Waals surface area contributed by atoms with Gasteiger partial charge in [0, 0.05) is 50.4 Å². The number of benzene rings is 1. The van der Waals surface area contributed by atoms with Crippen LogP contribution < -0.4 is 4.74 Å². The van der Waals surface area contributed by atoms with Crippen molar-refractivity contribution in [3.05, 3.63) is 60.1 Å². The maximum Gasteiger partial charge on any atom is 0.262 e. The number of imidazole rings is 1. The van der Waals surface area contributed by atoms with Gasteiger partial charge in [-0.25, -0.2) is 17.8 Å². The molecule has 1 saturated heterocycles. The summed E-state index contributed by atoms with van der Waals surface area (Å²) < 4.78 is 47.2. The van der Waals surface area contributed by atoms with E-state index < -0.39 is 10.0 Å². The molecule has 0 aliphatic carbocycles. The third kappa shape index (κ3) is 4.33. The first-order valence-electron chi connectivity index (χ1n) is 9.32. The molecule has 0 bridgehead atoms. The molecule has 0 saturated carbocycles. The molecule has 154 valence electrons. The number of nitrogens with zero attached hydrogens (tertiary/aromatic N) is 4. The summed E-state index contributed by atoms with van der Waals surface area (Å²) in [6.45, 7) is 1.20. The number of aromatic amines is 1. The summed E-state index contributed by atoms with van der Waals surface area (Å²) in [5.74, 6) is 0.177. The van der Waals surface area contributed by atoms with Crippen molar-refractivity contribution in [1.29, 1.82) is 0 Å². The molecule has 29 heavy (non-hydrogen) atoms. The van der Waals surface area contributed by atoms with Crippen LogP contribution in [-0.4, -0.2) is 52.2 Å². The number of hydrogen-bond donors (Lipinski definition) is 1. The van der Waals surface area contributed by atoms with Crippen LogP contribution in [0.25, 0.3) is 0 Å². The largest absolute Gasteiger partial charge is 0.493 e. The molecule has 4 rings (SSSR count). The lowest BCUT2D eigenvalue weighted by molar-refractivity contribution is 0.319. The zero-order valence-corrected chi connectivity index (χ0v) is 16.8. The van der Waals surface area contributed by atoms with Crippen molar-refractivity contribution in [3.63, 3.8) is 0 Å². The highest BCUT2D eigenvalue weighted by molar-refractivity contribution is 7.89. The highest BCUT2D eigenvalue weighted by Gasteiger charge is 2.35. The second-order valence-corrected chi connectivity index (χ2v) is 8.98. The van der Waals surface area contributed by atoms with E-state index in [1.165, 1.54) is 29.0 Å². The number of aromatic nitrogens is 4. The number of ether oxygens (including phenoxy) is 1. The normalized spacial score (nSPS) is 17.7. The summed E-state index contributed by atoms with van der Waals surface area (Å²) in [6, 6.07) is 7.96. The summed E-state index contributed by atoms with van der Waals surface area (Å²) in [7, 11) is -1.85. The fourth-order valence-corrected chi connectivity index (χ4v) is 4.86. The van der Waals surface area contributed by atoms with E-state index in [0.717, 1.165) is 11.4 Å². The van der Waals surface area contributed by atoms with Crippen LogP contribution in [0, 0.1) is 5.82 Å². The Kier molecular flexibility index (Phi) is 5.37. The fraction of sp³-hybridized carbons (Fsp3) is 0.368. The zero-order valence-electron chi connectivity index (χ0n) is 16.0. The van der Waals surface area contributed by atoms with E-state index in [9.17, 15) is 12.8 Å². The van der Waals surface area contributed by atoms with E-state index in [2.05, 4.69) is 15.2 Å². The molecule has 1 N–H and O–H groups in total. The van der Waals surface area contributed by atoms with Crippen LogP contribution in [0.3, 0.4) is 0 Å². The number of halogens is 1. The maximum absolute atomic E-state index is 13.2. The van der Waals surface area contributed by atoms with Gasteiger partial charge in [0.15, 0.2) is 5.03 Å². The molecule has 0 unspecified atom stereocenters. The zero-order chi connectivity index (χ0) is 20.4. The Morgan fingerprint density at radius 1 is 1.34 bits per heavy atom. The summed E-state index contributed by atoms with van der Waals surface area (Å²) in [4.78, 5) is 3.97. The Morgan fingerprint density at radius 2 is 2.21 bits per heavy atom. The number of nitrogens with one attached hydrogen (secondary N) is 1. The minimum absolute atomic E-state index is 0.0302. The molecule has 1 aliphatic rings. The molecule has 0 radical (unpaired) electrons. The molecule has 0 spiro atoms.